The van der Waals surface area contributed by atoms with Crippen molar-refractivity contribution >= 4 is 24.6 Å². The summed E-state index contributed by atoms with van der Waals surface area (Å²) in [6, 6.07) is 27.7. The molecule has 5 rings (SSSR count). The summed E-state index contributed by atoms with van der Waals surface area (Å²) < 4.78 is 7.23. The number of fused-ring (bicyclic) bond motifs is 1. The van der Waals surface area contributed by atoms with E-state index < -0.39 is 8.32 Å². The predicted octanol–water partition coefficient (Wildman–Crippen LogP) is 4.17. The molecule has 176 valence electrons. The second-order valence-electron chi connectivity index (χ2n) is 10.6. The molecule has 0 spiro atoms. The fraction of sp³-hybridized carbons (Fsp3) is 0.345. The highest BCUT2D eigenvalue weighted by Gasteiger charge is 2.52. The Labute approximate surface area is 203 Å². The number of carbonyl (C=O) groups is 1. The first-order valence-electron chi connectivity index (χ1n) is 12.3. The van der Waals surface area contributed by atoms with Gasteiger partial charge in [0.1, 0.15) is 5.75 Å². The molecular weight excluding hydrogens is 436 g/mol. The molecule has 3 aromatic rings. The van der Waals surface area contributed by atoms with Gasteiger partial charge in [0.25, 0.3) is 0 Å². The lowest BCUT2D eigenvalue weighted by atomic mass is 10.1. The van der Waals surface area contributed by atoms with Gasteiger partial charge in [-0.25, -0.2) is 0 Å². The molecule has 0 bridgehead atoms. The Morgan fingerprint density at radius 3 is 2.06 bits per heavy atom. The molecule has 0 aromatic heterocycles. The van der Waals surface area contributed by atoms with Crippen LogP contribution in [0, 0.1) is 0 Å². The summed E-state index contributed by atoms with van der Waals surface area (Å²) in [5.74, 6) is 0.965. The molecule has 0 radical (unpaired) electrons. The van der Waals surface area contributed by atoms with Gasteiger partial charge in [0.15, 0.2) is 0 Å². The molecular formula is C29H34N2O2Si. The van der Waals surface area contributed by atoms with E-state index in [1.807, 2.05) is 4.90 Å². The fourth-order valence-corrected chi connectivity index (χ4v) is 10.2. The number of hydrogen-bond donors (Lipinski definition) is 1. The zero-order chi connectivity index (χ0) is 23.9. The van der Waals surface area contributed by atoms with Gasteiger partial charge < -0.3 is 15.1 Å². The van der Waals surface area contributed by atoms with Crippen molar-refractivity contribution in [1.82, 2.24) is 4.90 Å². The third kappa shape index (κ3) is 3.77. The van der Waals surface area contributed by atoms with Crippen molar-refractivity contribution in [2.75, 3.05) is 6.54 Å². The minimum Gasteiger partial charge on any atom is -0.534 e. The molecule has 5 heteroatoms. The summed E-state index contributed by atoms with van der Waals surface area (Å²) in [6.07, 6.45) is 2.68. The van der Waals surface area contributed by atoms with Crippen LogP contribution < -0.4 is 20.5 Å². The van der Waals surface area contributed by atoms with Gasteiger partial charge in [0, 0.05) is 6.54 Å². The van der Waals surface area contributed by atoms with E-state index in [1.165, 1.54) is 21.5 Å². The van der Waals surface area contributed by atoms with Crippen LogP contribution in [0.2, 0.25) is 5.04 Å². The van der Waals surface area contributed by atoms with Crippen LogP contribution in [-0.4, -0.2) is 31.7 Å². The molecule has 1 heterocycles. The standard InChI is InChI=1S/C29H34N2O2Si/c1-29(2,3)34(23-10-6-4-7-11-23,24-12-8-5-9-13-24)33-22-16-14-21-15-17-27(25(21)20-22)31-19-18-26(30)28(31)32/h4-14,16,20,26-27H,15,17-19,30H2,1-3H3/t26-,27?/m1/s1. The number of carbonyl (C=O) groups excluding carboxylic acids is 1. The van der Waals surface area contributed by atoms with Crippen molar-refractivity contribution in [3.05, 3.63) is 90.0 Å². The van der Waals surface area contributed by atoms with Gasteiger partial charge in [-0.3, -0.25) is 4.79 Å². The summed E-state index contributed by atoms with van der Waals surface area (Å²) in [4.78, 5) is 14.7. The Morgan fingerprint density at radius 2 is 1.53 bits per heavy atom. The molecule has 0 saturated carbocycles. The number of likely N-dealkylation sites (tertiary alicyclic amines) is 1. The molecule has 3 aromatic carbocycles. The maximum atomic E-state index is 12.7. The molecule has 1 fully saturated rings. The molecule has 4 nitrogen and oxygen atoms in total. The number of benzene rings is 3. The van der Waals surface area contributed by atoms with E-state index in [4.69, 9.17) is 10.2 Å². The topological polar surface area (TPSA) is 55.6 Å². The normalized spacial score (nSPS) is 20.5. The van der Waals surface area contributed by atoms with Crippen molar-refractivity contribution in [3.63, 3.8) is 0 Å². The molecule has 2 aliphatic rings. The van der Waals surface area contributed by atoms with Crippen molar-refractivity contribution in [1.29, 1.82) is 0 Å². The first-order chi connectivity index (χ1) is 16.3. The van der Waals surface area contributed by atoms with Crippen molar-refractivity contribution in [2.24, 2.45) is 5.73 Å². The summed E-state index contributed by atoms with van der Waals surface area (Å²) in [5, 5.41) is 2.41. The Balaban J connectivity index is 1.60. The average molecular weight is 471 g/mol. The van der Waals surface area contributed by atoms with Crippen molar-refractivity contribution < 1.29 is 9.22 Å². The SMILES string of the molecule is CC(C)(C)[Si](Oc1ccc2c(c1)C(N1CC[C@@H](N)C1=O)CC2)(c1ccccc1)c1ccccc1. The average Bonchev–Trinajstić information content (AvgIpc) is 3.40. The van der Waals surface area contributed by atoms with E-state index in [2.05, 4.69) is 99.6 Å². The quantitative estimate of drug-likeness (QED) is 0.570. The summed E-state index contributed by atoms with van der Waals surface area (Å²) in [6.45, 7) is 7.61. The van der Waals surface area contributed by atoms with Gasteiger partial charge in [0.05, 0.1) is 12.1 Å². The minimum atomic E-state index is -2.70. The summed E-state index contributed by atoms with van der Waals surface area (Å²) >= 11 is 0. The number of rotatable bonds is 5. The van der Waals surface area contributed by atoms with Crippen LogP contribution in [0.25, 0.3) is 0 Å². The van der Waals surface area contributed by atoms with Crippen molar-refractivity contribution in [3.8, 4) is 5.75 Å². The van der Waals surface area contributed by atoms with Gasteiger partial charge in [-0.05, 0) is 57.9 Å². The Kier molecular flexibility index (Phi) is 5.86. The van der Waals surface area contributed by atoms with Crippen LogP contribution in [0.3, 0.4) is 0 Å². The third-order valence-electron chi connectivity index (χ3n) is 7.51. The third-order valence-corrected chi connectivity index (χ3v) is 12.5. The number of nitrogens with two attached hydrogens (primary N) is 1. The van der Waals surface area contributed by atoms with Crippen LogP contribution in [0.15, 0.2) is 78.9 Å². The Bertz CT molecular complexity index is 1130. The molecule has 1 saturated heterocycles. The molecule has 2 N–H and O–H groups in total. The largest absolute Gasteiger partial charge is 0.534 e. The smallest absolute Gasteiger partial charge is 0.319 e. The lowest BCUT2D eigenvalue weighted by Gasteiger charge is -2.43. The van der Waals surface area contributed by atoms with E-state index in [1.54, 1.807) is 0 Å². The Hall–Kier alpha value is -2.89. The maximum absolute atomic E-state index is 12.7. The van der Waals surface area contributed by atoms with E-state index >= 15 is 0 Å². The van der Waals surface area contributed by atoms with Crippen LogP contribution in [0.4, 0.5) is 0 Å². The molecule has 1 unspecified atom stereocenters. The van der Waals surface area contributed by atoms with E-state index in [0.29, 0.717) is 0 Å². The van der Waals surface area contributed by atoms with Crippen LogP contribution in [0.5, 0.6) is 5.75 Å². The van der Waals surface area contributed by atoms with E-state index in [0.717, 1.165) is 31.6 Å². The van der Waals surface area contributed by atoms with Crippen LogP contribution in [0.1, 0.15) is 50.8 Å². The lowest BCUT2D eigenvalue weighted by Crippen LogP contribution is -2.68. The van der Waals surface area contributed by atoms with Gasteiger partial charge in [-0.1, -0.05) is 87.5 Å². The first kappa shape index (κ1) is 22.9. The highest BCUT2D eigenvalue weighted by molar-refractivity contribution is 7.00. The van der Waals surface area contributed by atoms with Gasteiger partial charge in [-0.2, -0.15) is 0 Å². The van der Waals surface area contributed by atoms with Gasteiger partial charge in [0.2, 0.25) is 5.91 Å². The number of amides is 1. The second kappa shape index (κ2) is 8.71. The molecule has 1 amide bonds. The monoisotopic (exact) mass is 470 g/mol. The highest BCUT2D eigenvalue weighted by atomic mass is 28.4. The molecule has 34 heavy (non-hydrogen) atoms. The number of hydrogen-bond acceptors (Lipinski definition) is 3. The number of nitrogens with zero attached hydrogens (tertiary/aromatic N) is 1. The van der Waals surface area contributed by atoms with Crippen molar-refractivity contribution in [2.45, 2.75) is 57.2 Å². The fourth-order valence-electron chi connectivity index (χ4n) is 5.81. The van der Waals surface area contributed by atoms with Crippen LogP contribution >= 0.6 is 0 Å². The van der Waals surface area contributed by atoms with Crippen LogP contribution in [-0.2, 0) is 11.2 Å². The van der Waals surface area contributed by atoms with E-state index in [9.17, 15) is 4.79 Å². The maximum Gasteiger partial charge on any atom is 0.319 e. The van der Waals surface area contributed by atoms with Gasteiger partial charge in [-0.15, -0.1) is 0 Å². The van der Waals surface area contributed by atoms with Gasteiger partial charge >= 0.3 is 8.32 Å². The molecule has 1 aliphatic heterocycles. The predicted molar refractivity (Wildman–Crippen MR) is 140 cm³/mol. The highest BCUT2D eigenvalue weighted by Crippen LogP contribution is 2.42. The van der Waals surface area contributed by atoms with E-state index in [-0.39, 0.29) is 23.0 Å². The first-order valence-corrected chi connectivity index (χ1v) is 14.2. The Morgan fingerprint density at radius 1 is 0.912 bits per heavy atom. The minimum absolute atomic E-state index is 0.0798. The molecule has 2 atom stereocenters. The zero-order valence-corrected chi connectivity index (χ0v) is 21.3. The lowest BCUT2D eigenvalue weighted by molar-refractivity contribution is -0.130. The zero-order valence-electron chi connectivity index (χ0n) is 20.3. The molecule has 1 aliphatic carbocycles. The number of aryl methyl sites for hydroxylation is 1. The second-order valence-corrected chi connectivity index (χ2v) is 14.8. The summed E-state index contributed by atoms with van der Waals surface area (Å²) in [5.41, 5.74) is 8.57. The summed E-state index contributed by atoms with van der Waals surface area (Å²) in [7, 11) is -2.70.